The summed E-state index contributed by atoms with van der Waals surface area (Å²) >= 11 is 0. The van der Waals surface area contributed by atoms with Gasteiger partial charge in [-0.15, -0.1) is 0 Å². The lowest BCUT2D eigenvalue weighted by atomic mass is 9.95. The van der Waals surface area contributed by atoms with Crippen LogP contribution in [0.15, 0.2) is 48.0 Å². The minimum atomic E-state index is -0.727. The van der Waals surface area contributed by atoms with Gasteiger partial charge in [0.15, 0.2) is 11.5 Å². The average molecular weight is 509 g/mol. The summed E-state index contributed by atoms with van der Waals surface area (Å²) in [4.78, 5) is 30.4. The number of amides is 1. The zero-order valence-electron chi connectivity index (χ0n) is 21.0. The molecule has 9 nitrogen and oxygen atoms in total. The molecule has 0 aromatic heterocycles. The van der Waals surface area contributed by atoms with Crippen LogP contribution in [0.25, 0.3) is 5.76 Å². The third-order valence-electron chi connectivity index (χ3n) is 6.79. The molecule has 3 aliphatic heterocycles. The number of hydrogen-bond acceptors (Lipinski definition) is 8. The van der Waals surface area contributed by atoms with E-state index in [2.05, 4.69) is 4.90 Å². The molecule has 1 unspecified atom stereocenters. The van der Waals surface area contributed by atoms with Crippen molar-refractivity contribution in [3.8, 4) is 17.2 Å². The molecule has 1 amide bonds. The molecular weight excluding hydrogens is 476 g/mol. The summed E-state index contributed by atoms with van der Waals surface area (Å²) in [5, 5.41) is 11.4. The first-order chi connectivity index (χ1) is 18.1. The summed E-state index contributed by atoms with van der Waals surface area (Å²) in [6, 6.07) is 11.6. The zero-order valence-corrected chi connectivity index (χ0v) is 21.0. The van der Waals surface area contributed by atoms with E-state index in [-0.39, 0.29) is 11.3 Å². The highest BCUT2D eigenvalue weighted by molar-refractivity contribution is 6.46. The van der Waals surface area contributed by atoms with Gasteiger partial charge in [0.1, 0.15) is 24.7 Å². The van der Waals surface area contributed by atoms with E-state index in [4.69, 9.17) is 18.9 Å². The molecule has 3 heterocycles. The Morgan fingerprint density at radius 3 is 2.43 bits per heavy atom. The van der Waals surface area contributed by atoms with Gasteiger partial charge in [0, 0.05) is 31.7 Å². The lowest BCUT2D eigenvalue weighted by Crippen LogP contribution is -2.42. The minimum Gasteiger partial charge on any atom is -0.507 e. The number of carbonyl (C=O) groups is 2. The Balaban J connectivity index is 1.51. The maximum absolute atomic E-state index is 13.3. The quantitative estimate of drug-likeness (QED) is 0.330. The van der Waals surface area contributed by atoms with Crippen molar-refractivity contribution in [2.24, 2.45) is 0 Å². The van der Waals surface area contributed by atoms with Gasteiger partial charge < -0.3 is 29.0 Å². The molecule has 0 spiro atoms. The Kier molecular flexibility index (Phi) is 7.62. The Labute approximate surface area is 216 Å². The molecule has 37 heavy (non-hydrogen) atoms. The van der Waals surface area contributed by atoms with E-state index in [1.54, 1.807) is 23.1 Å². The Morgan fingerprint density at radius 2 is 1.70 bits per heavy atom. The van der Waals surface area contributed by atoms with Crippen LogP contribution in [0.2, 0.25) is 0 Å². The summed E-state index contributed by atoms with van der Waals surface area (Å²) in [6.07, 6.45) is 0.888. The minimum absolute atomic E-state index is 0.0610. The first-order valence-corrected chi connectivity index (χ1v) is 12.8. The predicted molar refractivity (Wildman–Crippen MR) is 136 cm³/mol. The number of hydrogen-bond donors (Lipinski definition) is 1. The fraction of sp³-hybridized carbons (Fsp3) is 0.429. The fourth-order valence-corrected chi connectivity index (χ4v) is 4.84. The van der Waals surface area contributed by atoms with Crippen LogP contribution in [0, 0.1) is 0 Å². The van der Waals surface area contributed by atoms with Gasteiger partial charge in [-0.05, 0) is 42.3 Å². The number of nitrogens with zero attached hydrogens (tertiary/aromatic N) is 2. The highest BCUT2D eigenvalue weighted by Crippen LogP contribution is 2.41. The molecule has 1 atom stereocenters. The molecule has 0 aliphatic carbocycles. The number of aliphatic hydroxyl groups is 1. The molecule has 1 N–H and O–H groups in total. The lowest BCUT2D eigenvalue weighted by molar-refractivity contribution is -0.140. The number of likely N-dealkylation sites (tertiary alicyclic amines) is 1. The van der Waals surface area contributed by atoms with Crippen LogP contribution in [0.4, 0.5) is 0 Å². The van der Waals surface area contributed by atoms with Crippen molar-refractivity contribution in [3.05, 3.63) is 59.2 Å². The van der Waals surface area contributed by atoms with Crippen molar-refractivity contribution in [2.45, 2.75) is 19.4 Å². The molecule has 2 aromatic carbocycles. The number of benzene rings is 2. The first-order valence-electron chi connectivity index (χ1n) is 12.8. The van der Waals surface area contributed by atoms with Crippen LogP contribution in [-0.4, -0.2) is 85.8 Å². The van der Waals surface area contributed by atoms with E-state index in [9.17, 15) is 14.7 Å². The number of rotatable bonds is 8. The van der Waals surface area contributed by atoms with E-state index >= 15 is 0 Å². The Hall–Kier alpha value is -3.56. The van der Waals surface area contributed by atoms with E-state index in [1.807, 2.05) is 31.2 Å². The summed E-state index contributed by atoms with van der Waals surface area (Å²) in [6.45, 7) is 7.27. The third-order valence-corrected chi connectivity index (χ3v) is 6.79. The second-order valence-corrected chi connectivity index (χ2v) is 9.22. The number of morpholine rings is 1. The maximum Gasteiger partial charge on any atom is 0.295 e. The van der Waals surface area contributed by atoms with Gasteiger partial charge in [0.05, 0.1) is 31.4 Å². The molecule has 0 saturated carbocycles. The molecule has 2 aromatic rings. The maximum atomic E-state index is 13.3. The van der Waals surface area contributed by atoms with Crippen molar-refractivity contribution >= 4 is 17.4 Å². The molecule has 9 heteroatoms. The number of ether oxygens (including phenoxy) is 4. The average Bonchev–Trinajstić information content (AvgIpc) is 3.20. The smallest absolute Gasteiger partial charge is 0.295 e. The van der Waals surface area contributed by atoms with Gasteiger partial charge in [-0.25, -0.2) is 0 Å². The van der Waals surface area contributed by atoms with Gasteiger partial charge in [0.25, 0.3) is 11.7 Å². The van der Waals surface area contributed by atoms with E-state index in [1.165, 1.54) is 0 Å². The number of Topliss-reactive ketones (excluding diaryl/α,β-unsaturated/α-hetero) is 1. The third kappa shape index (κ3) is 5.28. The monoisotopic (exact) mass is 508 g/mol. The van der Waals surface area contributed by atoms with Crippen LogP contribution in [0.1, 0.15) is 30.5 Å². The van der Waals surface area contributed by atoms with Crippen molar-refractivity contribution in [1.29, 1.82) is 0 Å². The highest BCUT2D eigenvalue weighted by Gasteiger charge is 2.46. The summed E-state index contributed by atoms with van der Waals surface area (Å²) < 4.78 is 22.4. The second kappa shape index (κ2) is 11.2. The highest BCUT2D eigenvalue weighted by atomic mass is 16.6. The molecular formula is C28H32N2O7. The first kappa shape index (κ1) is 25.1. The van der Waals surface area contributed by atoms with Gasteiger partial charge >= 0.3 is 0 Å². The largest absolute Gasteiger partial charge is 0.507 e. The number of aliphatic hydroxyl groups excluding tert-OH is 1. The van der Waals surface area contributed by atoms with Crippen LogP contribution >= 0.6 is 0 Å². The molecule has 0 bridgehead atoms. The predicted octanol–water partition coefficient (Wildman–Crippen LogP) is 3.00. The van der Waals surface area contributed by atoms with Crippen LogP contribution in [-0.2, 0) is 14.3 Å². The molecule has 2 fully saturated rings. The van der Waals surface area contributed by atoms with E-state index < -0.39 is 17.7 Å². The molecule has 0 radical (unpaired) electrons. The van der Waals surface area contributed by atoms with Crippen LogP contribution in [0.3, 0.4) is 0 Å². The summed E-state index contributed by atoms with van der Waals surface area (Å²) in [7, 11) is 0. The van der Waals surface area contributed by atoms with Gasteiger partial charge in [0.2, 0.25) is 0 Å². The second-order valence-electron chi connectivity index (χ2n) is 9.22. The number of carbonyl (C=O) groups excluding carboxylic acids is 2. The van der Waals surface area contributed by atoms with E-state index in [0.717, 1.165) is 25.1 Å². The molecule has 196 valence electrons. The standard InChI is InChI=1S/C28H32N2O7/c1-2-13-35-21-6-3-19(4-7-21)25-24(26(31)20-5-8-22-23(18-20)37-17-16-36-22)27(32)28(33)30(25)10-9-29-11-14-34-15-12-29/h3-8,18,25,31H,2,9-17H2,1H3. The molecule has 5 rings (SSSR count). The summed E-state index contributed by atoms with van der Waals surface area (Å²) in [5.41, 5.74) is 1.18. The van der Waals surface area contributed by atoms with Crippen LogP contribution < -0.4 is 14.2 Å². The van der Waals surface area contributed by atoms with Crippen molar-refractivity contribution in [3.63, 3.8) is 0 Å². The molecule has 2 saturated heterocycles. The van der Waals surface area contributed by atoms with Gasteiger partial charge in [-0.2, -0.15) is 0 Å². The topological polar surface area (TPSA) is 97.8 Å². The SMILES string of the molecule is CCCOc1ccc(C2C(=C(O)c3ccc4c(c3)OCCO4)C(=O)C(=O)N2CCN2CCOCC2)cc1. The van der Waals surface area contributed by atoms with Crippen molar-refractivity contribution in [1.82, 2.24) is 9.80 Å². The zero-order chi connectivity index (χ0) is 25.8. The normalized spacial score (nSPS) is 21.3. The summed E-state index contributed by atoms with van der Waals surface area (Å²) in [5.74, 6) is 0.219. The lowest BCUT2D eigenvalue weighted by Gasteiger charge is -2.31. The van der Waals surface area contributed by atoms with Crippen molar-refractivity contribution in [2.75, 3.05) is 59.2 Å². The van der Waals surface area contributed by atoms with Crippen LogP contribution in [0.5, 0.6) is 17.2 Å². The van der Waals surface area contributed by atoms with E-state index in [0.29, 0.717) is 68.9 Å². The van der Waals surface area contributed by atoms with Gasteiger partial charge in [-0.1, -0.05) is 19.1 Å². The van der Waals surface area contributed by atoms with Crippen molar-refractivity contribution < 1.29 is 33.6 Å². The number of ketones is 1. The fourth-order valence-electron chi connectivity index (χ4n) is 4.84. The molecule has 3 aliphatic rings. The van der Waals surface area contributed by atoms with Gasteiger partial charge in [-0.3, -0.25) is 14.5 Å². The Bertz CT molecular complexity index is 1170. The Morgan fingerprint density at radius 1 is 0.973 bits per heavy atom. The number of fused-ring (bicyclic) bond motifs is 1.